The minimum Gasteiger partial charge on any atom is -0.439 e. The Kier molecular flexibility index (Phi) is 3.92. The molecule has 2 aromatic carbocycles. The number of aromatic nitrogens is 1. The van der Waals surface area contributed by atoms with Gasteiger partial charge in [-0.25, -0.2) is 4.98 Å². The summed E-state index contributed by atoms with van der Waals surface area (Å²) >= 11 is 0. The molecule has 1 heterocycles. The van der Waals surface area contributed by atoms with Gasteiger partial charge in [-0.15, -0.1) is 0 Å². The van der Waals surface area contributed by atoms with Crippen molar-refractivity contribution in [2.45, 2.75) is 26.2 Å². The van der Waals surface area contributed by atoms with Gasteiger partial charge in [0.1, 0.15) is 5.52 Å². The van der Waals surface area contributed by atoms with E-state index in [0.717, 1.165) is 29.5 Å². The summed E-state index contributed by atoms with van der Waals surface area (Å²) < 4.78 is 5.84. The van der Waals surface area contributed by atoms with E-state index in [1.54, 1.807) is 6.07 Å². The first-order valence-corrected chi connectivity index (χ1v) is 7.44. The number of carbonyl (C=O) groups excluding carboxylic acids is 1. The summed E-state index contributed by atoms with van der Waals surface area (Å²) in [5.74, 6) is 0.114. The van der Waals surface area contributed by atoms with E-state index >= 15 is 0 Å². The van der Waals surface area contributed by atoms with Crippen LogP contribution < -0.4 is 5.73 Å². The van der Waals surface area contributed by atoms with Gasteiger partial charge in [0.15, 0.2) is 11.5 Å². The van der Waals surface area contributed by atoms with Crippen molar-refractivity contribution >= 4 is 17.0 Å². The average Bonchev–Trinajstić information content (AvgIpc) is 2.92. The van der Waals surface area contributed by atoms with Gasteiger partial charge in [0.05, 0.1) is 5.56 Å². The van der Waals surface area contributed by atoms with Gasteiger partial charge >= 0.3 is 0 Å². The lowest BCUT2D eigenvalue weighted by Crippen LogP contribution is -2.11. The van der Waals surface area contributed by atoms with Gasteiger partial charge in [0.25, 0.3) is 5.91 Å². The van der Waals surface area contributed by atoms with E-state index < -0.39 is 5.91 Å². The normalized spacial score (nSPS) is 11.0. The van der Waals surface area contributed by atoms with E-state index in [4.69, 9.17) is 10.2 Å². The predicted octanol–water partition coefficient (Wildman–Crippen LogP) is 3.47. The topological polar surface area (TPSA) is 69.1 Å². The van der Waals surface area contributed by atoms with Crippen LogP contribution in [0.15, 0.2) is 46.9 Å². The minimum absolute atomic E-state index is 0.390. The highest BCUT2D eigenvalue weighted by molar-refractivity contribution is 6.03. The van der Waals surface area contributed by atoms with Crippen molar-refractivity contribution in [3.63, 3.8) is 0 Å². The zero-order chi connectivity index (χ0) is 15.5. The van der Waals surface area contributed by atoms with Crippen LogP contribution in [0.2, 0.25) is 0 Å². The van der Waals surface area contributed by atoms with Crippen LogP contribution in [0.3, 0.4) is 0 Å². The molecule has 0 radical (unpaired) electrons. The maximum absolute atomic E-state index is 11.6. The molecule has 0 aliphatic carbocycles. The molecule has 0 aliphatic rings. The third-order valence-corrected chi connectivity index (χ3v) is 3.65. The van der Waals surface area contributed by atoms with Gasteiger partial charge in [0.2, 0.25) is 0 Å². The van der Waals surface area contributed by atoms with E-state index in [9.17, 15) is 4.79 Å². The molecule has 0 saturated heterocycles. The Balaban J connectivity index is 2.08. The van der Waals surface area contributed by atoms with Crippen LogP contribution in [0.5, 0.6) is 0 Å². The van der Waals surface area contributed by atoms with Crippen molar-refractivity contribution in [3.8, 4) is 0 Å². The third kappa shape index (κ3) is 2.72. The minimum atomic E-state index is -0.490. The van der Waals surface area contributed by atoms with Crippen molar-refractivity contribution in [1.82, 2.24) is 4.98 Å². The number of fused-ring (bicyclic) bond motifs is 1. The van der Waals surface area contributed by atoms with Gasteiger partial charge in [0, 0.05) is 6.42 Å². The molecule has 0 fully saturated rings. The van der Waals surface area contributed by atoms with Crippen LogP contribution in [0.4, 0.5) is 0 Å². The summed E-state index contributed by atoms with van der Waals surface area (Å²) in [6.45, 7) is 2.11. The summed E-state index contributed by atoms with van der Waals surface area (Å²) in [7, 11) is 0. The van der Waals surface area contributed by atoms with Crippen molar-refractivity contribution in [2.75, 3.05) is 0 Å². The maximum Gasteiger partial charge on any atom is 0.252 e. The number of oxazole rings is 1. The number of primary amides is 1. The molecular formula is C18H18N2O2. The SMILES string of the molecule is CCCc1ccc(C(N)=O)c2oc(Cc3ccccc3)nc12. The summed E-state index contributed by atoms with van der Waals surface area (Å²) in [6.07, 6.45) is 2.50. The largest absolute Gasteiger partial charge is 0.439 e. The fraction of sp³-hybridized carbons (Fsp3) is 0.222. The van der Waals surface area contributed by atoms with Gasteiger partial charge < -0.3 is 10.2 Å². The van der Waals surface area contributed by atoms with E-state index in [0.29, 0.717) is 23.5 Å². The number of nitrogens with zero attached hydrogens (tertiary/aromatic N) is 1. The number of amides is 1. The summed E-state index contributed by atoms with van der Waals surface area (Å²) in [5, 5.41) is 0. The van der Waals surface area contributed by atoms with Crippen molar-refractivity contribution < 1.29 is 9.21 Å². The molecule has 4 nitrogen and oxygen atoms in total. The zero-order valence-electron chi connectivity index (χ0n) is 12.5. The molecule has 0 bridgehead atoms. The zero-order valence-corrected chi connectivity index (χ0v) is 12.5. The molecule has 0 spiro atoms. The second-order valence-electron chi connectivity index (χ2n) is 5.33. The van der Waals surface area contributed by atoms with Crippen LogP contribution in [0.25, 0.3) is 11.1 Å². The smallest absolute Gasteiger partial charge is 0.252 e. The van der Waals surface area contributed by atoms with Crippen molar-refractivity contribution in [1.29, 1.82) is 0 Å². The van der Waals surface area contributed by atoms with Crippen molar-refractivity contribution in [3.05, 3.63) is 65.0 Å². The highest BCUT2D eigenvalue weighted by Gasteiger charge is 2.16. The molecule has 2 N–H and O–H groups in total. The molecular weight excluding hydrogens is 276 g/mol. The molecule has 0 unspecified atom stereocenters. The number of benzene rings is 2. The lowest BCUT2D eigenvalue weighted by atomic mass is 10.1. The predicted molar refractivity (Wildman–Crippen MR) is 85.8 cm³/mol. The number of carbonyl (C=O) groups is 1. The molecule has 0 atom stereocenters. The fourth-order valence-corrected chi connectivity index (χ4v) is 2.61. The maximum atomic E-state index is 11.6. The van der Waals surface area contributed by atoms with Crippen LogP contribution in [0, 0.1) is 0 Å². The Bertz CT molecular complexity index is 807. The number of hydrogen-bond donors (Lipinski definition) is 1. The lowest BCUT2D eigenvalue weighted by molar-refractivity contribution is 0.100. The Hall–Kier alpha value is -2.62. The van der Waals surface area contributed by atoms with E-state index in [1.165, 1.54) is 0 Å². The number of aryl methyl sites for hydroxylation is 1. The van der Waals surface area contributed by atoms with Crippen LogP contribution >= 0.6 is 0 Å². The number of rotatable bonds is 5. The summed E-state index contributed by atoms with van der Waals surface area (Å²) in [4.78, 5) is 16.2. The first-order valence-electron chi connectivity index (χ1n) is 7.44. The quantitative estimate of drug-likeness (QED) is 0.783. The van der Waals surface area contributed by atoms with Gasteiger partial charge in [-0.2, -0.15) is 0 Å². The van der Waals surface area contributed by atoms with Gasteiger partial charge in [-0.05, 0) is 23.6 Å². The fourth-order valence-electron chi connectivity index (χ4n) is 2.61. The highest BCUT2D eigenvalue weighted by atomic mass is 16.3. The Morgan fingerprint density at radius 2 is 1.95 bits per heavy atom. The molecule has 0 saturated carbocycles. The first kappa shape index (κ1) is 14.3. The monoisotopic (exact) mass is 294 g/mol. The average molecular weight is 294 g/mol. The molecule has 3 aromatic rings. The molecule has 3 rings (SSSR count). The Labute approximate surface area is 129 Å². The Morgan fingerprint density at radius 3 is 2.64 bits per heavy atom. The van der Waals surface area contributed by atoms with E-state index in [-0.39, 0.29) is 0 Å². The third-order valence-electron chi connectivity index (χ3n) is 3.65. The lowest BCUT2D eigenvalue weighted by Gasteiger charge is -2.01. The van der Waals surface area contributed by atoms with Crippen molar-refractivity contribution in [2.24, 2.45) is 5.73 Å². The molecule has 1 aromatic heterocycles. The number of nitrogens with two attached hydrogens (primary N) is 1. The molecule has 4 heteroatoms. The molecule has 112 valence electrons. The molecule has 22 heavy (non-hydrogen) atoms. The van der Waals surface area contributed by atoms with Crippen LogP contribution in [-0.2, 0) is 12.8 Å². The van der Waals surface area contributed by atoms with Gasteiger partial charge in [-0.3, -0.25) is 4.79 Å². The summed E-state index contributed by atoms with van der Waals surface area (Å²) in [6, 6.07) is 13.6. The van der Waals surface area contributed by atoms with Crippen LogP contribution in [-0.4, -0.2) is 10.9 Å². The molecule has 0 aliphatic heterocycles. The van der Waals surface area contributed by atoms with E-state index in [1.807, 2.05) is 36.4 Å². The standard InChI is InChI=1S/C18H18N2O2/c1-2-6-13-9-10-14(18(19)21)17-16(13)20-15(22-17)11-12-7-4-3-5-8-12/h3-5,7-10H,2,6,11H2,1H3,(H2,19,21). The number of hydrogen-bond acceptors (Lipinski definition) is 3. The second kappa shape index (κ2) is 6.02. The van der Waals surface area contributed by atoms with Crippen LogP contribution in [0.1, 0.15) is 40.7 Å². The molecule has 1 amide bonds. The van der Waals surface area contributed by atoms with E-state index in [2.05, 4.69) is 11.9 Å². The Morgan fingerprint density at radius 1 is 1.18 bits per heavy atom. The highest BCUT2D eigenvalue weighted by Crippen LogP contribution is 2.25. The summed E-state index contributed by atoms with van der Waals surface area (Å²) in [5.41, 5.74) is 9.29. The second-order valence-corrected chi connectivity index (χ2v) is 5.33. The van der Waals surface area contributed by atoms with Gasteiger partial charge in [-0.1, -0.05) is 49.7 Å². The first-order chi connectivity index (χ1) is 10.7.